The number of nitrogens with one attached hydrogen (secondary N) is 2. The van der Waals surface area contributed by atoms with Crippen LogP contribution in [0.25, 0.3) is 0 Å². The predicted octanol–water partition coefficient (Wildman–Crippen LogP) is 1.66. The number of alkyl halides is 3. The molecule has 0 saturated heterocycles. The van der Waals surface area contributed by atoms with Gasteiger partial charge in [0.25, 0.3) is 0 Å². The summed E-state index contributed by atoms with van der Waals surface area (Å²) in [7, 11) is 1.49. The minimum absolute atomic E-state index is 0. The van der Waals surface area contributed by atoms with E-state index in [-0.39, 0.29) is 30.5 Å². The van der Waals surface area contributed by atoms with Gasteiger partial charge in [0.1, 0.15) is 0 Å². The van der Waals surface area contributed by atoms with Crippen molar-refractivity contribution in [3.05, 3.63) is 11.7 Å². The van der Waals surface area contributed by atoms with Crippen molar-refractivity contribution in [3.8, 4) is 0 Å². The van der Waals surface area contributed by atoms with Crippen LogP contribution in [0, 0.1) is 6.92 Å². The molecule has 0 fully saturated rings. The van der Waals surface area contributed by atoms with Crippen molar-refractivity contribution in [1.82, 2.24) is 20.8 Å². The van der Waals surface area contributed by atoms with Gasteiger partial charge in [-0.15, -0.1) is 24.0 Å². The predicted molar refractivity (Wildman–Crippen MR) is 78.2 cm³/mol. The lowest BCUT2D eigenvalue weighted by Gasteiger charge is -2.12. The molecule has 0 aliphatic carbocycles. The third-order valence-electron chi connectivity index (χ3n) is 2.13. The van der Waals surface area contributed by atoms with Gasteiger partial charge in [0.15, 0.2) is 11.8 Å². The monoisotopic (exact) mass is 407 g/mol. The molecule has 0 unspecified atom stereocenters. The van der Waals surface area contributed by atoms with Crippen LogP contribution in [0.15, 0.2) is 9.52 Å². The third kappa shape index (κ3) is 8.17. The molecule has 0 aliphatic rings. The fourth-order valence-electron chi connectivity index (χ4n) is 1.27. The minimum atomic E-state index is -4.17. The smallest absolute Gasteiger partial charge is 0.356 e. The molecule has 0 atom stereocenters. The summed E-state index contributed by atoms with van der Waals surface area (Å²) in [6, 6.07) is 0. The number of hydrogen-bond acceptors (Lipinski definition) is 4. The molecule has 116 valence electrons. The molecule has 2 N–H and O–H groups in total. The lowest BCUT2D eigenvalue weighted by Crippen LogP contribution is -2.39. The van der Waals surface area contributed by atoms with Crippen LogP contribution in [-0.2, 0) is 6.42 Å². The number of hydrogen-bond donors (Lipinski definition) is 2. The second kappa shape index (κ2) is 8.97. The Hall–Kier alpha value is -1.07. The molecule has 10 heteroatoms. The first-order chi connectivity index (χ1) is 8.90. The Morgan fingerprint density at radius 3 is 2.45 bits per heavy atom. The third-order valence-corrected chi connectivity index (χ3v) is 2.13. The van der Waals surface area contributed by atoms with Crippen LogP contribution in [0.1, 0.15) is 18.1 Å². The van der Waals surface area contributed by atoms with Crippen LogP contribution < -0.4 is 10.6 Å². The molecule has 6 nitrogen and oxygen atoms in total. The van der Waals surface area contributed by atoms with Gasteiger partial charge in [0, 0.05) is 26.6 Å². The van der Waals surface area contributed by atoms with Crippen LogP contribution in [0.2, 0.25) is 0 Å². The topological polar surface area (TPSA) is 75.3 Å². The van der Waals surface area contributed by atoms with E-state index in [1.807, 2.05) is 0 Å². The molecular formula is C10H17F3IN5O. The van der Waals surface area contributed by atoms with Gasteiger partial charge in [-0.3, -0.25) is 4.99 Å². The Kier molecular flexibility index (Phi) is 8.49. The van der Waals surface area contributed by atoms with Crippen molar-refractivity contribution in [1.29, 1.82) is 0 Å². The van der Waals surface area contributed by atoms with Crippen molar-refractivity contribution in [3.63, 3.8) is 0 Å². The van der Waals surface area contributed by atoms with Crippen molar-refractivity contribution < 1.29 is 17.7 Å². The number of nitrogens with zero attached hydrogens (tertiary/aromatic N) is 3. The van der Waals surface area contributed by atoms with Crippen LogP contribution in [0.5, 0.6) is 0 Å². The zero-order valence-electron chi connectivity index (χ0n) is 11.1. The zero-order chi connectivity index (χ0) is 14.3. The summed E-state index contributed by atoms with van der Waals surface area (Å²) < 4.78 is 40.8. The maximum atomic E-state index is 12.0. The summed E-state index contributed by atoms with van der Waals surface area (Å²) in [6.07, 6.45) is -4.61. The van der Waals surface area contributed by atoms with Gasteiger partial charge in [-0.05, 0) is 6.92 Å². The van der Waals surface area contributed by atoms with Gasteiger partial charge >= 0.3 is 6.18 Å². The summed E-state index contributed by atoms with van der Waals surface area (Å²) >= 11 is 0. The highest BCUT2D eigenvalue weighted by atomic mass is 127. The zero-order valence-corrected chi connectivity index (χ0v) is 13.5. The molecule has 0 aliphatic heterocycles. The number of halogens is 4. The highest BCUT2D eigenvalue weighted by Gasteiger charge is 2.26. The minimum Gasteiger partial charge on any atom is -0.356 e. The van der Waals surface area contributed by atoms with E-state index in [0.29, 0.717) is 30.6 Å². The molecular weight excluding hydrogens is 390 g/mol. The normalized spacial score (nSPS) is 11.9. The summed E-state index contributed by atoms with van der Waals surface area (Å²) in [5, 5.41) is 9.05. The van der Waals surface area contributed by atoms with E-state index in [2.05, 4.69) is 25.8 Å². The molecule has 1 aromatic heterocycles. The molecule has 1 rings (SSSR count). The fourth-order valence-corrected chi connectivity index (χ4v) is 1.27. The Labute approximate surface area is 131 Å². The second-order valence-electron chi connectivity index (χ2n) is 3.78. The molecule has 20 heavy (non-hydrogen) atoms. The quantitative estimate of drug-likeness (QED) is 0.441. The van der Waals surface area contributed by atoms with Crippen molar-refractivity contribution in [2.45, 2.75) is 25.9 Å². The molecule has 0 aromatic carbocycles. The largest absolute Gasteiger partial charge is 0.390 e. The van der Waals surface area contributed by atoms with Gasteiger partial charge in [-0.25, -0.2) is 0 Å². The standard InChI is InChI=1S/C10H16F3N5O.HI/c1-7-17-8(19-18-7)3-5-15-9(14-2)16-6-4-10(11,12)13;/h3-6H2,1-2H3,(H2,14,15,16);1H. The summed E-state index contributed by atoms with van der Waals surface area (Å²) in [5.41, 5.74) is 0. The van der Waals surface area contributed by atoms with E-state index in [1.165, 1.54) is 7.05 Å². The van der Waals surface area contributed by atoms with E-state index in [1.54, 1.807) is 6.92 Å². The van der Waals surface area contributed by atoms with Gasteiger partial charge in [0.05, 0.1) is 6.42 Å². The van der Waals surface area contributed by atoms with Crippen LogP contribution >= 0.6 is 24.0 Å². The van der Waals surface area contributed by atoms with E-state index in [0.717, 1.165) is 0 Å². The fraction of sp³-hybridized carbons (Fsp3) is 0.700. The second-order valence-corrected chi connectivity index (χ2v) is 3.78. The molecule has 1 aromatic rings. The van der Waals surface area contributed by atoms with E-state index in [4.69, 9.17) is 4.52 Å². The first kappa shape index (κ1) is 18.9. The maximum absolute atomic E-state index is 12.0. The van der Waals surface area contributed by atoms with Gasteiger partial charge in [-0.2, -0.15) is 18.2 Å². The summed E-state index contributed by atoms with van der Waals surface area (Å²) in [5.74, 6) is 1.32. The number of guanidine groups is 1. The first-order valence-corrected chi connectivity index (χ1v) is 5.71. The SMILES string of the molecule is CN=C(NCCc1nc(C)no1)NCCC(F)(F)F.I. The van der Waals surface area contributed by atoms with Crippen LogP contribution in [0.4, 0.5) is 13.2 Å². The van der Waals surface area contributed by atoms with Crippen LogP contribution in [-0.4, -0.2) is 42.4 Å². The van der Waals surface area contributed by atoms with Crippen molar-refractivity contribution >= 4 is 29.9 Å². The Bertz CT molecular complexity index is 421. The molecule has 0 spiro atoms. The van der Waals surface area contributed by atoms with Crippen molar-refractivity contribution in [2.24, 2.45) is 4.99 Å². The highest BCUT2D eigenvalue weighted by molar-refractivity contribution is 14.0. The number of aliphatic imine (C=N–C) groups is 1. The van der Waals surface area contributed by atoms with E-state index in [9.17, 15) is 13.2 Å². The Morgan fingerprint density at radius 2 is 1.95 bits per heavy atom. The van der Waals surface area contributed by atoms with Crippen LogP contribution in [0.3, 0.4) is 0 Å². The molecule has 0 saturated carbocycles. The summed E-state index contributed by atoms with van der Waals surface area (Å²) in [6.45, 7) is 1.92. The van der Waals surface area contributed by atoms with E-state index >= 15 is 0 Å². The Balaban J connectivity index is 0.00000361. The molecule has 0 bridgehead atoms. The summed E-state index contributed by atoms with van der Waals surface area (Å²) in [4.78, 5) is 7.81. The van der Waals surface area contributed by atoms with E-state index < -0.39 is 12.6 Å². The molecule has 0 amide bonds. The van der Waals surface area contributed by atoms with Crippen molar-refractivity contribution in [2.75, 3.05) is 20.1 Å². The average Bonchev–Trinajstić information content (AvgIpc) is 2.71. The number of aromatic nitrogens is 2. The highest BCUT2D eigenvalue weighted by Crippen LogP contribution is 2.17. The Morgan fingerprint density at radius 1 is 1.30 bits per heavy atom. The molecule has 1 heterocycles. The van der Waals surface area contributed by atoms with Gasteiger partial charge < -0.3 is 15.2 Å². The molecule has 0 radical (unpaired) electrons. The first-order valence-electron chi connectivity index (χ1n) is 5.71. The number of rotatable bonds is 5. The lowest BCUT2D eigenvalue weighted by atomic mass is 10.4. The van der Waals surface area contributed by atoms with Gasteiger partial charge in [-0.1, -0.05) is 5.16 Å². The maximum Gasteiger partial charge on any atom is 0.390 e. The number of aryl methyl sites for hydroxylation is 1. The van der Waals surface area contributed by atoms with Gasteiger partial charge in [0.2, 0.25) is 5.89 Å². The average molecular weight is 407 g/mol. The lowest BCUT2D eigenvalue weighted by molar-refractivity contribution is -0.132.